The molecule has 0 radical (unpaired) electrons. The summed E-state index contributed by atoms with van der Waals surface area (Å²) in [5, 5.41) is 2.94. The van der Waals surface area contributed by atoms with Gasteiger partial charge in [0.05, 0.1) is 5.56 Å². The maximum Gasteiger partial charge on any atom is 0.340 e. The Morgan fingerprint density at radius 2 is 2.22 bits per heavy atom. The van der Waals surface area contributed by atoms with E-state index in [-0.39, 0.29) is 18.1 Å². The van der Waals surface area contributed by atoms with Gasteiger partial charge in [-0.2, -0.15) is 0 Å². The summed E-state index contributed by atoms with van der Waals surface area (Å²) < 4.78 is 4.83. The van der Waals surface area contributed by atoms with Crippen LogP contribution in [-0.2, 0) is 9.53 Å². The first-order chi connectivity index (χ1) is 8.63. The number of ether oxygens (including phenoxy) is 1. The van der Waals surface area contributed by atoms with Crippen molar-refractivity contribution in [1.29, 1.82) is 0 Å². The van der Waals surface area contributed by atoms with E-state index in [2.05, 4.69) is 10.3 Å². The molecule has 0 aliphatic carbocycles. The highest BCUT2D eigenvalue weighted by molar-refractivity contribution is 6.29. The smallest absolute Gasteiger partial charge is 0.340 e. The summed E-state index contributed by atoms with van der Waals surface area (Å²) in [5.74, 6) is -0.900. The summed E-state index contributed by atoms with van der Waals surface area (Å²) in [6.45, 7) is 2.33. The molecule has 0 atom stereocenters. The average Bonchev–Trinajstić information content (AvgIpc) is 2.37. The topological polar surface area (TPSA) is 68.3 Å². The molecule has 0 unspecified atom stereocenters. The molecule has 5 nitrogen and oxygen atoms in total. The number of halogens is 1. The Labute approximate surface area is 110 Å². The summed E-state index contributed by atoms with van der Waals surface area (Å²) in [4.78, 5) is 26.5. The van der Waals surface area contributed by atoms with Crippen LogP contribution in [0.5, 0.6) is 0 Å². The van der Waals surface area contributed by atoms with Gasteiger partial charge in [0.25, 0.3) is 5.91 Å². The van der Waals surface area contributed by atoms with Crippen LogP contribution in [0.2, 0.25) is 5.15 Å². The third kappa shape index (κ3) is 5.14. The van der Waals surface area contributed by atoms with Crippen LogP contribution < -0.4 is 5.32 Å². The lowest BCUT2D eigenvalue weighted by Crippen LogP contribution is -2.29. The summed E-state index contributed by atoms with van der Waals surface area (Å²) in [5.41, 5.74) is 0.265. The number of nitrogens with one attached hydrogen (secondary N) is 1. The third-order valence-corrected chi connectivity index (χ3v) is 2.37. The monoisotopic (exact) mass is 270 g/mol. The summed E-state index contributed by atoms with van der Waals surface area (Å²) >= 11 is 5.59. The average molecular weight is 271 g/mol. The quantitative estimate of drug-likeness (QED) is 0.486. The number of esters is 1. The van der Waals surface area contributed by atoms with Crippen molar-refractivity contribution >= 4 is 23.5 Å². The molecule has 0 aromatic carbocycles. The molecule has 18 heavy (non-hydrogen) atoms. The number of unbranched alkanes of at least 4 members (excludes halogenated alkanes) is 1. The zero-order valence-electron chi connectivity index (χ0n) is 10.1. The largest absolute Gasteiger partial charge is 0.452 e. The minimum absolute atomic E-state index is 0.265. The second-order valence-corrected chi connectivity index (χ2v) is 4.04. The minimum Gasteiger partial charge on any atom is -0.452 e. The van der Waals surface area contributed by atoms with E-state index in [0.29, 0.717) is 11.7 Å². The molecule has 0 bridgehead atoms. The fourth-order valence-corrected chi connectivity index (χ4v) is 1.28. The van der Waals surface area contributed by atoms with E-state index in [0.717, 1.165) is 12.8 Å². The summed E-state index contributed by atoms with van der Waals surface area (Å²) in [7, 11) is 0. The molecule has 1 heterocycles. The van der Waals surface area contributed by atoms with E-state index < -0.39 is 5.97 Å². The minimum atomic E-state index is -0.593. The molecule has 0 saturated carbocycles. The van der Waals surface area contributed by atoms with Gasteiger partial charge in [-0.25, -0.2) is 9.78 Å². The molecule has 1 aromatic rings. The van der Waals surface area contributed by atoms with Crippen LogP contribution >= 0.6 is 11.6 Å². The fraction of sp³-hybridized carbons (Fsp3) is 0.417. The molecule has 0 fully saturated rings. The molecule has 0 aliphatic heterocycles. The van der Waals surface area contributed by atoms with E-state index in [4.69, 9.17) is 16.3 Å². The first-order valence-corrected chi connectivity index (χ1v) is 6.06. The molecule has 1 aromatic heterocycles. The number of amides is 1. The van der Waals surface area contributed by atoms with Gasteiger partial charge in [-0.1, -0.05) is 24.9 Å². The highest BCUT2D eigenvalue weighted by Gasteiger charge is 2.10. The number of rotatable bonds is 6. The Hall–Kier alpha value is -1.62. The second-order valence-electron chi connectivity index (χ2n) is 3.65. The van der Waals surface area contributed by atoms with Gasteiger partial charge >= 0.3 is 5.97 Å². The van der Waals surface area contributed by atoms with Crippen LogP contribution in [0.25, 0.3) is 0 Å². The maximum absolute atomic E-state index is 11.5. The van der Waals surface area contributed by atoms with E-state index in [1.54, 1.807) is 0 Å². The first-order valence-electron chi connectivity index (χ1n) is 5.69. The van der Waals surface area contributed by atoms with Gasteiger partial charge in [-0.15, -0.1) is 0 Å². The molecule has 1 amide bonds. The normalized spacial score (nSPS) is 9.89. The number of nitrogens with zero attached hydrogens (tertiary/aromatic N) is 1. The van der Waals surface area contributed by atoms with Gasteiger partial charge in [-0.05, 0) is 18.6 Å². The zero-order chi connectivity index (χ0) is 13.4. The number of carbonyl (C=O) groups excluding carboxylic acids is 2. The Bertz CT molecular complexity index is 406. The fourth-order valence-electron chi connectivity index (χ4n) is 1.17. The van der Waals surface area contributed by atoms with Crippen molar-refractivity contribution < 1.29 is 14.3 Å². The van der Waals surface area contributed by atoms with Crippen LogP contribution in [0.3, 0.4) is 0 Å². The lowest BCUT2D eigenvalue weighted by Gasteiger charge is -2.05. The van der Waals surface area contributed by atoms with Crippen molar-refractivity contribution in [2.75, 3.05) is 13.2 Å². The number of hydrogen-bond acceptors (Lipinski definition) is 4. The summed E-state index contributed by atoms with van der Waals surface area (Å²) in [6, 6.07) is 2.98. The standard InChI is InChI=1S/C12H15ClN2O3/c1-2-3-6-14-11(16)8-18-12(17)9-4-5-10(13)15-7-9/h4-5,7H,2-3,6,8H2,1H3,(H,14,16). The van der Waals surface area contributed by atoms with Crippen molar-refractivity contribution in [1.82, 2.24) is 10.3 Å². The molecule has 0 spiro atoms. The molecular formula is C12H15ClN2O3. The van der Waals surface area contributed by atoms with Gasteiger partial charge in [0.15, 0.2) is 6.61 Å². The van der Waals surface area contributed by atoms with E-state index >= 15 is 0 Å². The Kier molecular flexibility index (Phi) is 6.14. The molecule has 1 rings (SSSR count). The van der Waals surface area contributed by atoms with Gasteiger partial charge in [-0.3, -0.25) is 4.79 Å². The summed E-state index contributed by atoms with van der Waals surface area (Å²) in [6.07, 6.45) is 3.21. The van der Waals surface area contributed by atoms with Crippen LogP contribution in [0.4, 0.5) is 0 Å². The molecule has 98 valence electrons. The second kappa shape index (κ2) is 7.66. The third-order valence-electron chi connectivity index (χ3n) is 2.15. The lowest BCUT2D eigenvalue weighted by atomic mass is 10.3. The molecule has 0 aliphatic rings. The number of pyridine rings is 1. The van der Waals surface area contributed by atoms with Crippen molar-refractivity contribution in [2.45, 2.75) is 19.8 Å². The highest BCUT2D eigenvalue weighted by Crippen LogP contribution is 2.06. The maximum atomic E-state index is 11.5. The van der Waals surface area contributed by atoms with Crippen LogP contribution in [-0.4, -0.2) is 30.0 Å². The number of carbonyl (C=O) groups is 2. The van der Waals surface area contributed by atoms with Crippen molar-refractivity contribution in [3.05, 3.63) is 29.0 Å². The van der Waals surface area contributed by atoms with Crippen LogP contribution in [0.15, 0.2) is 18.3 Å². The SMILES string of the molecule is CCCCNC(=O)COC(=O)c1ccc(Cl)nc1. The Balaban J connectivity index is 2.32. The highest BCUT2D eigenvalue weighted by atomic mass is 35.5. The molecule has 1 N–H and O–H groups in total. The van der Waals surface area contributed by atoms with Crippen molar-refractivity contribution in [3.8, 4) is 0 Å². The predicted molar refractivity (Wildman–Crippen MR) is 67.4 cm³/mol. The van der Waals surface area contributed by atoms with Crippen molar-refractivity contribution in [3.63, 3.8) is 0 Å². The number of aromatic nitrogens is 1. The van der Waals surface area contributed by atoms with Crippen LogP contribution in [0, 0.1) is 0 Å². The van der Waals surface area contributed by atoms with Crippen LogP contribution in [0.1, 0.15) is 30.1 Å². The molecule has 0 saturated heterocycles. The van der Waals surface area contributed by atoms with Gasteiger partial charge in [0.2, 0.25) is 0 Å². The van der Waals surface area contributed by atoms with Gasteiger partial charge in [0, 0.05) is 12.7 Å². The van der Waals surface area contributed by atoms with Gasteiger partial charge in [0.1, 0.15) is 5.15 Å². The predicted octanol–water partition coefficient (Wildman–Crippen LogP) is 1.81. The Morgan fingerprint density at radius 3 is 2.83 bits per heavy atom. The van der Waals surface area contributed by atoms with E-state index in [1.807, 2.05) is 6.92 Å². The molecule has 6 heteroatoms. The first kappa shape index (κ1) is 14.4. The van der Waals surface area contributed by atoms with Gasteiger partial charge < -0.3 is 10.1 Å². The van der Waals surface area contributed by atoms with Crippen molar-refractivity contribution in [2.24, 2.45) is 0 Å². The van der Waals surface area contributed by atoms with E-state index in [1.165, 1.54) is 18.3 Å². The molecular weight excluding hydrogens is 256 g/mol. The zero-order valence-corrected chi connectivity index (χ0v) is 10.9. The van der Waals surface area contributed by atoms with E-state index in [9.17, 15) is 9.59 Å². The lowest BCUT2D eigenvalue weighted by molar-refractivity contribution is -0.124. The number of hydrogen-bond donors (Lipinski definition) is 1. The Morgan fingerprint density at radius 1 is 1.44 bits per heavy atom.